The normalized spacial score (nSPS) is 21.3. The van der Waals surface area contributed by atoms with E-state index in [4.69, 9.17) is 16.3 Å². The molecule has 0 saturated carbocycles. The van der Waals surface area contributed by atoms with Crippen LogP contribution in [-0.2, 0) is 17.6 Å². The Bertz CT molecular complexity index is 982. The molecule has 0 radical (unpaired) electrons. The van der Waals surface area contributed by atoms with Crippen LogP contribution in [0.15, 0.2) is 47.2 Å². The topological polar surface area (TPSA) is 29.5 Å². The van der Waals surface area contributed by atoms with Crippen LogP contribution in [-0.4, -0.2) is 24.0 Å². The van der Waals surface area contributed by atoms with Crippen molar-refractivity contribution in [2.24, 2.45) is 5.92 Å². The van der Waals surface area contributed by atoms with Gasteiger partial charge in [-0.1, -0.05) is 17.7 Å². The van der Waals surface area contributed by atoms with E-state index < -0.39 is 0 Å². The van der Waals surface area contributed by atoms with Crippen molar-refractivity contribution in [2.75, 3.05) is 13.2 Å². The van der Waals surface area contributed by atoms with E-state index in [1.165, 1.54) is 15.3 Å². The molecule has 2 aromatic heterocycles. The van der Waals surface area contributed by atoms with Crippen LogP contribution in [0.2, 0.25) is 5.02 Å². The van der Waals surface area contributed by atoms with Gasteiger partial charge in [0.15, 0.2) is 0 Å². The second-order valence-electron chi connectivity index (χ2n) is 6.96. The van der Waals surface area contributed by atoms with Crippen molar-refractivity contribution in [2.45, 2.75) is 18.9 Å². The van der Waals surface area contributed by atoms with Crippen LogP contribution in [0.3, 0.4) is 0 Å². The van der Waals surface area contributed by atoms with Crippen molar-refractivity contribution in [1.29, 1.82) is 0 Å². The maximum Gasteiger partial charge on any atom is 0.230 e. The second kappa shape index (κ2) is 6.97. The van der Waals surface area contributed by atoms with Gasteiger partial charge in [-0.2, -0.15) is 0 Å². The summed E-state index contributed by atoms with van der Waals surface area (Å²) in [6, 6.07) is 12.0. The average molecular weight is 416 g/mol. The van der Waals surface area contributed by atoms with E-state index >= 15 is 0 Å². The molecule has 4 heterocycles. The molecule has 6 heteroatoms. The first-order valence-electron chi connectivity index (χ1n) is 9.02. The van der Waals surface area contributed by atoms with Crippen LogP contribution in [0.1, 0.15) is 26.9 Å². The number of nitrogens with zero attached hydrogens (tertiary/aromatic N) is 1. The number of halogens is 1. The highest BCUT2D eigenvalue weighted by molar-refractivity contribution is 7.10. The number of benzene rings is 1. The van der Waals surface area contributed by atoms with E-state index in [0.29, 0.717) is 18.1 Å². The molecular weight excluding hydrogens is 398 g/mol. The van der Waals surface area contributed by atoms with Crippen LogP contribution >= 0.6 is 34.3 Å². The molecule has 2 aliphatic rings. The maximum absolute atomic E-state index is 13.5. The minimum atomic E-state index is -0.168. The number of amides is 1. The van der Waals surface area contributed by atoms with Gasteiger partial charge in [-0.3, -0.25) is 4.79 Å². The van der Waals surface area contributed by atoms with Gasteiger partial charge in [-0.15, -0.1) is 22.7 Å². The molecule has 0 aliphatic carbocycles. The van der Waals surface area contributed by atoms with E-state index in [-0.39, 0.29) is 17.9 Å². The van der Waals surface area contributed by atoms with Crippen molar-refractivity contribution in [3.63, 3.8) is 0 Å². The molecule has 2 aliphatic heterocycles. The summed E-state index contributed by atoms with van der Waals surface area (Å²) in [5, 5.41) is 4.91. The summed E-state index contributed by atoms with van der Waals surface area (Å²) in [7, 11) is 0. The van der Waals surface area contributed by atoms with Crippen LogP contribution in [0.25, 0.3) is 0 Å². The lowest BCUT2D eigenvalue weighted by molar-refractivity contribution is -0.139. The van der Waals surface area contributed by atoms with E-state index in [0.717, 1.165) is 24.3 Å². The van der Waals surface area contributed by atoms with Gasteiger partial charge in [-0.25, -0.2) is 0 Å². The number of hydrogen-bond acceptors (Lipinski definition) is 4. The van der Waals surface area contributed by atoms with Gasteiger partial charge in [0.25, 0.3) is 0 Å². The second-order valence-corrected chi connectivity index (χ2v) is 9.38. The lowest BCUT2D eigenvalue weighted by Crippen LogP contribution is -2.45. The van der Waals surface area contributed by atoms with Gasteiger partial charge in [0.2, 0.25) is 5.91 Å². The highest BCUT2D eigenvalue weighted by atomic mass is 35.5. The minimum Gasteiger partial charge on any atom is -0.492 e. The van der Waals surface area contributed by atoms with Gasteiger partial charge in [0, 0.05) is 21.3 Å². The van der Waals surface area contributed by atoms with Gasteiger partial charge in [0.05, 0.1) is 12.0 Å². The van der Waals surface area contributed by atoms with E-state index in [1.807, 2.05) is 18.2 Å². The molecule has 3 nitrogen and oxygen atoms in total. The molecule has 1 aromatic carbocycles. The first kappa shape index (κ1) is 17.3. The Kier molecular flexibility index (Phi) is 4.46. The summed E-state index contributed by atoms with van der Waals surface area (Å²) in [6.07, 6.45) is 1.61. The zero-order valence-electron chi connectivity index (χ0n) is 14.6. The molecule has 2 atom stereocenters. The van der Waals surface area contributed by atoms with E-state index in [9.17, 15) is 4.79 Å². The predicted molar refractivity (Wildman–Crippen MR) is 110 cm³/mol. The standard InChI is InChI=1S/C21H18ClNO2S2/c22-15-3-4-17-13(11-15)10-14(12-25-17)21(24)23-7-5-18-16(6-9-27-18)20(23)19-2-1-8-26-19/h1-4,6,8-9,11,14,20H,5,7,10,12H2. The van der Waals surface area contributed by atoms with Gasteiger partial charge < -0.3 is 9.64 Å². The Labute approximate surface area is 171 Å². The Morgan fingerprint density at radius 2 is 2.11 bits per heavy atom. The van der Waals surface area contributed by atoms with Crippen LogP contribution in [0.4, 0.5) is 0 Å². The van der Waals surface area contributed by atoms with Gasteiger partial charge >= 0.3 is 0 Å². The number of carbonyl (C=O) groups excluding carboxylic acids is 1. The summed E-state index contributed by atoms with van der Waals surface area (Å²) in [5.74, 6) is 0.853. The zero-order valence-corrected chi connectivity index (χ0v) is 16.9. The van der Waals surface area contributed by atoms with Crippen LogP contribution in [0.5, 0.6) is 5.75 Å². The molecule has 2 unspecified atom stereocenters. The quantitative estimate of drug-likeness (QED) is 0.576. The van der Waals surface area contributed by atoms with Crippen molar-refractivity contribution in [3.05, 3.63) is 73.1 Å². The third kappa shape index (κ3) is 3.08. The maximum atomic E-state index is 13.5. The van der Waals surface area contributed by atoms with Crippen molar-refractivity contribution < 1.29 is 9.53 Å². The van der Waals surface area contributed by atoms with E-state index in [1.54, 1.807) is 22.7 Å². The Balaban J connectivity index is 1.46. The van der Waals surface area contributed by atoms with Crippen LogP contribution < -0.4 is 4.74 Å². The number of ether oxygens (including phenoxy) is 1. The van der Waals surface area contributed by atoms with E-state index in [2.05, 4.69) is 33.9 Å². The van der Waals surface area contributed by atoms with Crippen molar-refractivity contribution in [1.82, 2.24) is 4.90 Å². The molecule has 0 fully saturated rings. The average Bonchev–Trinajstić information content (AvgIpc) is 3.37. The van der Waals surface area contributed by atoms with Crippen LogP contribution in [0, 0.1) is 5.92 Å². The van der Waals surface area contributed by atoms with Gasteiger partial charge in [-0.05, 0) is 65.1 Å². The van der Waals surface area contributed by atoms with Crippen molar-refractivity contribution in [3.8, 4) is 5.75 Å². The molecule has 0 spiro atoms. The molecule has 5 rings (SSSR count). The number of carbonyl (C=O) groups is 1. The summed E-state index contributed by atoms with van der Waals surface area (Å²) in [5.41, 5.74) is 2.30. The molecular formula is C21H18ClNO2S2. The Morgan fingerprint density at radius 1 is 1.19 bits per heavy atom. The Morgan fingerprint density at radius 3 is 2.96 bits per heavy atom. The molecule has 3 aromatic rings. The molecule has 1 amide bonds. The SMILES string of the molecule is O=C(C1COc2ccc(Cl)cc2C1)N1CCc2sccc2C1c1cccs1. The lowest BCUT2D eigenvalue weighted by atomic mass is 9.92. The highest BCUT2D eigenvalue weighted by Gasteiger charge is 2.37. The number of thiophene rings is 2. The summed E-state index contributed by atoms with van der Waals surface area (Å²) in [6.45, 7) is 1.19. The number of rotatable bonds is 2. The first-order valence-corrected chi connectivity index (χ1v) is 11.2. The highest BCUT2D eigenvalue weighted by Crippen LogP contribution is 2.41. The van der Waals surface area contributed by atoms with Crippen molar-refractivity contribution >= 4 is 40.2 Å². The fourth-order valence-corrected chi connectivity index (χ4v) is 6.02. The predicted octanol–water partition coefficient (Wildman–Crippen LogP) is 5.19. The summed E-state index contributed by atoms with van der Waals surface area (Å²) >= 11 is 9.65. The summed E-state index contributed by atoms with van der Waals surface area (Å²) < 4.78 is 5.88. The minimum absolute atomic E-state index is 0.0215. The number of hydrogen-bond donors (Lipinski definition) is 0. The fourth-order valence-electron chi connectivity index (χ4n) is 4.06. The molecule has 27 heavy (non-hydrogen) atoms. The molecule has 0 bridgehead atoms. The molecule has 0 saturated heterocycles. The largest absolute Gasteiger partial charge is 0.492 e. The number of fused-ring (bicyclic) bond motifs is 2. The zero-order chi connectivity index (χ0) is 18.4. The molecule has 0 N–H and O–H groups in total. The van der Waals surface area contributed by atoms with Gasteiger partial charge in [0.1, 0.15) is 12.4 Å². The fraction of sp³-hybridized carbons (Fsp3) is 0.286. The third-order valence-corrected chi connectivity index (χ3v) is 7.50. The Hall–Kier alpha value is -1.82. The molecule has 138 valence electrons. The monoisotopic (exact) mass is 415 g/mol. The smallest absolute Gasteiger partial charge is 0.230 e. The third-order valence-electron chi connectivity index (χ3n) is 5.34. The first-order chi connectivity index (χ1) is 13.2. The summed E-state index contributed by atoms with van der Waals surface area (Å²) in [4.78, 5) is 18.2. The lowest BCUT2D eigenvalue weighted by Gasteiger charge is -2.38.